The Balaban J connectivity index is 1.91. The van der Waals surface area contributed by atoms with Crippen molar-refractivity contribution >= 4 is 33.3 Å². The molecule has 0 saturated heterocycles. The second-order valence-corrected chi connectivity index (χ2v) is 8.32. The zero-order valence-corrected chi connectivity index (χ0v) is 16.9. The number of hydrogen-bond donors (Lipinski definition) is 1. The highest BCUT2D eigenvalue weighted by molar-refractivity contribution is 7.92. The lowest BCUT2D eigenvalue weighted by atomic mass is 10.2. The van der Waals surface area contributed by atoms with Gasteiger partial charge in [-0.25, -0.2) is 8.42 Å². The Morgan fingerprint density at radius 1 is 1.17 bits per heavy atom. The fourth-order valence-corrected chi connectivity index (χ4v) is 4.55. The molecule has 0 saturated carbocycles. The number of nitrogens with zero attached hydrogens (tertiary/aromatic N) is 1. The van der Waals surface area contributed by atoms with Gasteiger partial charge in [-0.3, -0.25) is 13.9 Å². The second-order valence-electron chi connectivity index (χ2n) is 6.46. The number of nitrogens with one attached hydrogen (secondary N) is 1. The summed E-state index contributed by atoms with van der Waals surface area (Å²) in [5.74, 6) is -0.315. The lowest BCUT2D eigenvalue weighted by Crippen LogP contribution is -2.44. The van der Waals surface area contributed by atoms with Crippen molar-refractivity contribution in [1.29, 1.82) is 0 Å². The Kier molecular flexibility index (Phi) is 6.07. The number of ether oxygens (including phenoxy) is 2. The molecule has 2 aromatic rings. The third kappa shape index (κ3) is 4.68. The maximum absolute atomic E-state index is 13.3. The number of sulfonamides is 1. The first kappa shape index (κ1) is 20.7. The van der Waals surface area contributed by atoms with Crippen LogP contribution in [0.2, 0.25) is 0 Å². The van der Waals surface area contributed by atoms with Crippen molar-refractivity contribution < 1.29 is 27.5 Å². The van der Waals surface area contributed by atoms with Crippen LogP contribution >= 0.6 is 0 Å². The van der Waals surface area contributed by atoms with Gasteiger partial charge >= 0.3 is 5.97 Å². The molecule has 8 nitrogen and oxygen atoms in total. The third-order valence-corrected chi connectivity index (χ3v) is 6.05. The highest BCUT2D eigenvalue weighted by atomic mass is 32.2. The molecule has 1 aliphatic rings. The van der Waals surface area contributed by atoms with E-state index >= 15 is 0 Å². The first-order chi connectivity index (χ1) is 13.8. The van der Waals surface area contributed by atoms with E-state index in [4.69, 9.17) is 9.47 Å². The number of rotatable bonds is 6. The van der Waals surface area contributed by atoms with Gasteiger partial charge in [-0.2, -0.15) is 0 Å². The van der Waals surface area contributed by atoms with Crippen LogP contribution < -0.4 is 14.4 Å². The van der Waals surface area contributed by atoms with Gasteiger partial charge in [0.2, 0.25) is 5.91 Å². The van der Waals surface area contributed by atoms with E-state index in [0.717, 1.165) is 0 Å². The molecule has 0 spiro atoms. The zero-order valence-electron chi connectivity index (χ0n) is 16.1. The number of para-hydroxylation sites is 2. The molecule has 0 fully saturated rings. The van der Waals surface area contributed by atoms with Gasteiger partial charge in [-0.1, -0.05) is 12.1 Å². The quantitative estimate of drug-likeness (QED) is 0.724. The molecule has 29 heavy (non-hydrogen) atoms. The number of fused-ring (bicyclic) bond motifs is 1. The van der Waals surface area contributed by atoms with Crippen LogP contribution in [-0.2, 0) is 24.3 Å². The number of carbonyl (C=O) groups excluding carboxylic acids is 2. The Morgan fingerprint density at radius 3 is 2.52 bits per heavy atom. The molecule has 1 aliphatic heterocycles. The topological polar surface area (TPSA) is 102 Å². The highest BCUT2D eigenvalue weighted by Gasteiger charge is 2.35. The molecular weight excluding hydrogens is 396 g/mol. The van der Waals surface area contributed by atoms with Crippen LogP contribution in [0.1, 0.15) is 20.3 Å². The number of benzene rings is 2. The molecule has 154 valence electrons. The minimum absolute atomic E-state index is 0.0222. The maximum Gasteiger partial charge on any atom is 0.309 e. The summed E-state index contributed by atoms with van der Waals surface area (Å²) in [7, 11) is -3.91. The van der Waals surface area contributed by atoms with E-state index in [0.29, 0.717) is 17.1 Å². The van der Waals surface area contributed by atoms with Crippen molar-refractivity contribution in [3.05, 3.63) is 48.5 Å². The molecule has 3 rings (SSSR count). The first-order valence-electron chi connectivity index (χ1n) is 9.13. The van der Waals surface area contributed by atoms with Gasteiger partial charge < -0.3 is 14.8 Å². The smallest absolute Gasteiger partial charge is 0.309 e. The van der Waals surface area contributed by atoms with Gasteiger partial charge in [0, 0.05) is 12.6 Å². The van der Waals surface area contributed by atoms with Crippen molar-refractivity contribution in [2.75, 3.05) is 22.8 Å². The lowest BCUT2D eigenvalue weighted by Gasteiger charge is -2.35. The number of amides is 1. The molecule has 2 aromatic carbocycles. The minimum atomic E-state index is -3.91. The Bertz CT molecular complexity index is 1000. The number of hydrogen-bond acceptors (Lipinski definition) is 6. The summed E-state index contributed by atoms with van der Waals surface area (Å²) < 4.78 is 38.6. The van der Waals surface area contributed by atoms with Gasteiger partial charge in [0.15, 0.2) is 0 Å². The van der Waals surface area contributed by atoms with Crippen molar-refractivity contribution in [3.63, 3.8) is 0 Å². The summed E-state index contributed by atoms with van der Waals surface area (Å²) in [4.78, 5) is 23.1. The molecule has 1 N–H and O–H groups in total. The summed E-state index contributed by atoms with van der Waals surface area (Å²) in [6.45, 7) is 3.30. The molecule has 1 atom stereocenters. The normalized spacial score (nSPS) is 15.8. The number of anilines is 2. The predicted octanol–water partition coefficient (Wildman–Crippen LogP) is 2.55. The van der Waals surface area contributed by atoms with Crippen LogP contribution in [0, 0.1) is 0 Å². The fourth-order valence-electron chi connectivity index (χ4n) is 3.04. The fraction of sp³-hybridized carbons (Fsp3) is 0.300. The van der Waals surface area contributed by atoms with Gasteiger partial charge in [-0.15, -0.1) is 0 Å². The maximum atomic E-state index is 13.3. The Hall–Kier alpha value is -3.07. The van der Waals surface area contributed by atoms with Crippen LogP contribution in [-0.4, -0.2) is 39.5 Å². The van der Waals surface area contributed by atoms with E-state index in [2.05, 4.69) is 5.32 Å². The van der Waals surface area contributed by atoms with Crippen LogP contribution in [0.5, 0.6) is 5.75 Å². The van der Waals surface area contributed by atoms with E-state index in [1.807, 2.05) is 0 Å². The van der Waals surface area contributed by atoms with E-state index in [1.165, 1.54) is 35.5 Å². The largest absolute Gasteiger partial charge is 0.486 e. The third-order valence-electron chi connectivity index (χ3n) is 4.26. The average molecular weight is 418 g/mol. The SMILES string of the molecule is CCOC(=O)C[C@@H]1CN(S(=O)(=O)c2ccc(NC(C)=O)cc2)c2ccccc2O1. The van der Waals surface area contributed by atoms with E-state index < -0.39 is 22.1 Å². The molecule has 1 heterocycles. The minimum Gasteiger partial charge on any atom is -0.486 e. The molecule has 1 amide bonds. The summed E-state index contributed by atoms with van der Waals surface area (Å²) in [6, 6.07) is 12.7. The molecule has 0 bridgehead atoms. The standard InChI is InChI=1S/C20H22N2O6S/c1-3-27-20(24)12-16-13-22(18-6-4-5-7-19(18)28-16)29(25,26)17-10-8-15(9-11-17)21-14(2)23/h4-11,16H,3,12-13H2,1-2H3,(H,21,23)/t16-/m1/s1. The monoisotopic (exact) mass is 418 g/mol. The predicted molar refractivity (Wildman–Crippen MR) is 107 cm³/mol. The Labute approximate surface area is 169 Å². The van der Waals surface area contributed by atoms with E-state index in [9.17, 15) is 18.0 Å². The summed E-state index contributed by atoms with van der Waals surface area (Å²) in [6.07, 6.45) is -0.729. The van der Waals surface area contributed by atoms with E-state index in [1.54, 1.807) is 31.2 Å². The second kappa shape index (κ2) is 8.52. The molecule has 0 aromatic heterocycles. The van der Waals surface area contributed by atoms with Gasteiger partial charge in [0.05, 0.1) is 30.2 Å². The number of esters is 1. The van der Waals surface area contributed by atoms with Crippen LogP contribution in [0.4, 0.5) is 11.4 Å². The summed E-state index contributed by atoms with van der Waals surface area (Å²) in [5.41, 5.74) is 0.901. The lowest BCUT2D eigenvalue weighted by molar-refractivity contribution is -0.144. The number of carbonyl (C=O) groups is 2. The van der Waals surface area contributed by atoms with E-state index in [-0.39, 0.29) is 30.4 Å². The van der Waals surface area contributed by atoms with Gasteiger partial charge in [0.1, 0.15) is 11.9 Å². The van der Waals surface area contributed by atoms with Gasteiger partial charge in [0.25, 0.3) is 10.0 Å². The molecule has 0 unspecified atom stereocenters. The average Bonchev–Trinajstić information content (AvgIpc) is 2.67. The van der Waals surface area contributed by atoms with Crippen molar-refractivity contribution in [2.45, 2.75) is 31.3 Å². The summed E-state index contributed by atoms with van der Waals surface area (Å²) >= 11 is 0. The van der Waals surface area contributed by atoms with Crippen LogP contribution in [0.25, 0.3) is 0 Å². The Morgan fingerprint density at radius 2 is 1.86 bits per heavy atom. The van der Waals surface area contributed by atoms with Crippen LogP contribution in [0.15, 0.2) is 53.4 Å². The summed E-state index contributed by atoms with van der Waals surface area (Å²) in [5, 5.41) is 2.60. The van der Waals surface area contributed by atoms with Gasteiger partial charge in [-0.05, 0) is 43.3 Å². The highest BCUT2D eigenvalue weighted by Crippen LogP contribution is 2.37. The molecule has 0 aliphatic carbocycles. The molecule has 9 heteroatoms. The zero-order chi connectivity index (χ0) is 21.0. The van der Waals surface area contributed by atoms with Crippen LogP contribution in [0.3, 0.4) is 0 Å². The molecular formula is C20H22N2O6S. The van der Waals surface area contributed by atoms with Crippen molar-refractivity contribution in [1.82, 2.24) is 0 Å². The first-order valence-corrected chi connectivity index (χ1v) is 10.6. The molecule has 0 radical (unpaired) electrons. The van der Waals surface area contributed by atoms with Crippen molar-refractivity contribution in [2.24, 2.45) is 0 Å². The van der Waals surface area contributed by atoms with Crippen molar-refractivity contribution in [3.8, 4) is 5.75 Å².